The zero-order valence-corrected chi connectivity index (χ0v) is 17.9. The van der Waals surface area contributed by atoms with Gasteiger partial charge in [0.05, 0.1) is 16.8 Å². The van der Waals surface area contributed by atoms with Crippen molar-refractivity contribution in [2.75, 3.05) is 11.9 Å². The molecule has 1 amide bonds. The molecule has 0 radical (unpaired) electrons. The fourth-order valence-corrected chi connectivity index (χ4v) is 4.27. The number of amides is 1. The number of aryl methyl sites for hydroxylation is 2. The second-order valence-electron chi connectivity index (χ2n) is 8.02. The molecule has 0 bridgehead atoms. The van der Waals surface area contributed by atoms with Gasteiger partial charge in [-0.1, -0.05) is 42.5 Å². The van der Waals surface area contributed by atoms with E-state index in [0.717, 1.165) is 54.0 Å². The van der Waals surface area contributed by atoms with Gasteiger partial charge in [0.25, 0.3) is 5.91 Å². The van der Waals surface area contributed by atoms with Gasteiger partial charge in [0.15, 0.2) is 5.82 Å². The van der Waals surface area contributed by atoms with Gasteiger partial charge in [0.2, 0.25) is 0 Å². The van der Waals surface area contributed by atoms with Crippen molar-refractivity contribution in [3.63, 3.8) is 0 Å². The molecular weight excluding hydrogens is 402 g/mol. The van der Waals surface area contributed by atoms with Crippen LogP contribution in [-0.2, 0) is 19.5 Å². The number of anilines is 1. The highest BCUT2D eigenvalue weighted by atomic mass is 16.3. The molecule has 0 spiro atoms. The summed E-state index contributed by atoms with van der Waals surface area (Å²) >= 11 is 0. The highest BCUT2D eigenvalue weighted by Gasteiger charge is 2.23. The van der Waals surface area contributed by atoms with Gasteiger partial charge in [-0.3, -0.25) is 4.79 Å². The van der Waals surface area contributed by atoms with Crippen LogP contribution >= 0.6 is 0 Å². The van der Waals surface area contributed by atoms with Gasteiger partial charge >= 0.3 is 0 Å². The number of hydrogen-bond donors (Lipinski definition) is 3. The fraction of sp³-hybridized carbons (Fsp3) is 0.240. The summed E-state index contributed by atoms with van der Waals surface area (Å²) in [7, 11) is 0. The predicted octanol–water partition coefficient (Wildman–Crippen LogP) is 3.95. The van der Waals surface area contributed by atoms with Gasteiger partial charge in [-0.2, -0.15) is 0 Å². The van der Waals surface area contributed by atoms with Crippen LogP contribution in [0.4, 0.5) is 5.82 Å². The molecule has 7 heteroatoms. The third-order valence-electron chi connectivity index (χ3n) is 5.85. The number of hydrogen-bond acceptors (Lipinski definition) is 6. The lowest BCUT2D eigenvalue weighted by atomic mass is 10.1. The van der Waals surface area contributed by atoms with E-state index in [0.29, 0.717) is 29.3 Å². The lowest BCUT2D eigenvalue weighted by Gasteiger charge is -2.15. The highest BCUT2D eigenvalue weighted by molar-refractivity contribution is 6.07. The lowest BCUT2D eigenvalue weighted by Crippen LogP contribution is -2.15. The molecule has 1 aliphatic heterocycles. The van der Waals surface area contributed by atoms with E-state index >= 15 is 0 Å². The van der Waals surface area contributed by atoms with Crippen molar-refractivity contribution in [2.24, 2.45) is 5.73 Å². The van der Waals surface area contributed by atoms with Gasteiger partial charge in [0, 0.05) is 24.0 Å². The maximum atomic E-state index is 11.9. The van der Waals surface area contributed by atoms with Crippen LogP contribution in [0, 0.1) is 6.92 Å². The summed E-state index contributed by atoms with van der Waals surface area (Å²) < 4.78 is 5.97. The van der Waals surface area contributed by atoms with Crippen LogP contribution in [0.25, 0.3) is 22.4 Å². The first kappa shape index (κ1) is 20.2. The number of nitrogens with one attached hydrogen (secondary N) is 2. The van der Waals surface area contributed by atoms with Crippen LogP contribution in [0.3, 0.4) is 0 Å². The van der Waals surface area contributed by atoms with E-state index < -0.39 is 5.91 Å². The Labute approximate surface area is 186 Å². The number of nitrogens with two attached hydrogens (primary N) is 1. The van der Waals surface area contributed by atoms with Crippen molar-refractivity contribution in [3.05, 3.63) is 76.7 Å². The first-order valence-electron chi connectivity index (χ1n) is 10.8. The summed E-state index contributed by atoms with van der Waals surface area (Å²) in [4.78, 5) is 21.8. The molecule has 2 aromatic carbocycles. The number of fused-ring (bicyclic) bond motifs is 2. The summed E-state index contributed by atoms with van der Waals surface area (Å²) in [6.45, 7) is 4.21. The minimum Gasteiger partial charge on any atom is -0.460 e. The van der Waals surface area contributed by atoms with E-state index in [1.165, 1.54) is 5.56 Å². The fourth-order valence-electron chi connectivity index (χ4n) is 4.27. The molecule has 3 heterocycles. The van der Waals surface area contributed by atoms with E-state index in [2.05, 4.69) is 22.8 Å². The largest absolute Gasteiger partial charge is 0.460 e. The van der Waals surface area contributed by atoms with Gasteiger partial charge in [-0.05, 0) is 37.9 Å². The second kappa shape index (κ2) is 8.43. The third kappa shape index (κ3) is 3.71. The van der Waals surface area contributed by atoms with Crippen LogP contribution in [0.2, 0.25) is 0 Å². The van der Waals surface area contributed by atoms with E-state index in [1.807, 2.05) is 37.3 Å². The molecule has 0 atom stereocenters. The summed E-state index contributed by atoms with van der Waals surface area (Å²) in [6.07, 6.45) is 1.89. The average Bonchev–Trinajstić information content (AvgIpc) is 2.96. The number of aromatic nitrogens is 2. The standard InChI is InChI=1S/C25H25N5O2/c1-15-21(17-9-5-10-18(23(26)31)22(17)32-15)25-29-20-11-6-12-27-14-19(20)24(30-25)28-13-16-7-3-2-4-8-16/h2-5,7-10,27H,6,11-14H2,1H3,(H2,26,31)(H,28,29,30). The summed E-state index contributed by atoms with van der Waals surface area (Å²) in [5, 5.41) is 7.78. The maximum absolute atomic E-state index is 11.9. The molecule has 0 unspecified atom stereocenters. The number of rotatable bonds is 5. The number of carbonyl (C=O) groups excluding carboxylic acids is 1. The molecule has 5 rings (SSSR count). The van der Waals surface area contributed by atoms with Gasteiger partial charge < -0.3 is 20.8 Å². The first-order valence-corrected chi connectivity index (χ1v) is 10.8. The Hall–Kier alpha value is -3.71. The van der Waals surface area contributed by atoms with Crippen molar-refractivity contribution in [2.45, 2.75) is 32.9 Å². The van der Waals surface area contributed by atoms with Crippen LogP contribution in [-0.4, -0.2) is 22.4 Å². The summed E-state index contributed by atoms with van der Waals surface area (Å²) in [5.74, 6) is 1.56. The number of nitrogens with zero attached hydrogens (tertiary/aromatic N) is 2. The molecule has 162 valence electrons. The Bertz CT molecular complexity index is 1300. The topological polar surface area (TPSA) is 106 Å². The molecule has 4 N–H and O–H groups in total. The molecule has 2 aromatic heterocycles. The Morgan fingerprint density at radius 3 is 2.81 bits per heavy atom. The van der Waals surface area contributed by atoms with Crippen molar-refractivity contribution >= 4 is 22.7 Å². The van der Waals surface area contributed by atoms with E-state index in [9.17, 15) is 4.79 Å². The Morgan fingerprint density at radius 1 is 1.16 bits per heavy atom. The third-order valence-corrected chi connectivity index (χ3v) is 5.85. The second-order valence-corrected chi connectivity index (χ2v) is 8.02. The van der Waals surface area contributed by atoms with E-state index in [4.69, 9.17) is 20.1 Å². The normalized spacial score (nSPS) is 13.5. The minimum absolute atomic E-state index is 0.359. The lowest BCUT2D eigenvalue weighted by molar-refractivity contribution is 0.100. The van der Waals surface area contributed by atoms with Crippen molar-refractivity contribution in [1.29, 1.82) is 0 Å². The first-order chi connectivity index (χ1) is 15.6. The monoisotopic (exact) mass is 427 g/mol. The molecule has 0 fully saturated rings. The number of carbonyl (C=O) groups is 1. The molecule has 4 aromatic rings. The van der Waals surface area contributed by atoms with Gasteiger partial charge in [-0.25, -0.2) is 9.97 Å². The number of benzene rings is 2. The summed E-state index contributed by atoms with van der Waals surface area (Å²) in [6, 6.07) is 15.6. The van der Waals surface area contributed by atoms with Crippen LogP contribution in [0.5, 0.6) is 0 Å². The van der Waals surface area contributed by atoms with Crippen molar-refractivity contribution < 1.29 is 9.21 Å². The predicted molar refractivity (Wildman–Crippen MR) is 124 cm³/mol. The van der Waals surface area contributed by atoms with Crippen LogP contribution in [0.1, 0.15) is 39.4 Å². The number of para-hydroxylation sites is 1. The molecule has 0 aliphatic carbocycles. The van der Waals surface area contributed by atoms with Crippen LogP contribution in [0.15, 0.2) is 52.9 Å². The molecule has 1 aliphatic rings. The van der Waals surface area contributed by atoms with E-state index in [1.54, 1.807) is 6.07 Å². The van der Waals surface area contributed by atoms with Gasteiger partial charge in [-0.15, -0.1) is 0 Å². The Kier molecular flexibility index (Phi) is 5.33. The number of primary amides is 1. The SMILES string of the molecule is Cc1oc2c(C(N)=O)cccc2c1-c1nc2c(c(NCc3ccccc3)n1)CNCCC2. The van der Waals surface area contributed by atoms with Crippen molar-refractivity contribution in [1.82, 2.24) is 15.3 Å². The number of furan rings is 1. The smallest absolute Gasteiger partial charge is 0.252 e. The zero-order valence-electron chi connectivity index (χ0n) is 17.9. The molecule has 7 nitrogen and oxygen atoms in total. The van der Waals surface area contributed by atoms with Crippen molar-refractivity contribution in [3.8, 4) is 11.4 Å². The quantitative estimate of drug-likeness (QED) is 0.445. The maximum Gasteiger partial charge on any atom is 0.252 e. The Morgan fingerprint density at radius 2 is 2.00 bits per heavy atom. The Balaban J connectivity index is 1.63. The average molecular weight is 428 g/mol. The minimum atomic E-state index is -0.518. The van der Waals surface area contributed by atoms with Gasteiger partial charge in [0.1, 0.15) is 17.2 Å². The molecule has 0 saturated heterocycles. The zero-order chi connectivity index (χ0) is 22.1. The molecule has 0 saturated carbocycles. The molecule has 32 heavy (non-hydrogen) atoms. The molecular formula is C25H25N5O2. The van der Waals surface area contributed by atoms with Crippen LogP contribution < -0.4 is 16.4 Å². The summed E-state index contributed by atoms with van der Waals surface area (Å²) in [5.41, 5.74) is 10.5. The highest BCUT2D eigenvalue weighted by Crippen LogP contribution is 2.36. The van der Waals surface area contributed by atoms with E-state index in [-0.39, 0.29) is 0 Å².